The molecule has 186 valence electrons. The van der Waals surface area contributed by atoms with Gasteiger partial charge in [-0.25, -0.2) is 4.89 Å². The standard InChI is InChI=1S/C19H28N2O12/c1-19(2,32-18(26)11-6-4-8-13(21(29)30)15(11)17(24)25)33-31-9-10-5-3-7-12(20(27)28)14(10)16(22)23/h10-15H,3-9H2,1-2H3,(H,22,23)(H,24,25). The maximum absolute atomic E-state index is 12.6. The third-order valence-electron chi connectivity index (χ3n) is 6.16. The number of esters is 1. The molecule has 2 rings (SSSR count). The Morgan fingerprint density at radius 3 is 1.94 bits per heavy atom. The van der Waals surface area contributed by atoms with Gasteiger partial charge in [-0.15, -0.1) is 0 Å². The monoisotopic (exact) mass is 476 g/mol. The van der Waals surface area contributed by atoms with Crippen molar-refractivity contribution in [3.8, 4) is 0 Å². The molecule has 2 saturated carbocycles. The Morgan fingerprint density at radius 1 is 0.909 bits per heavy atom. The molecule has 2 aliphatic rings. The van der Waals surface area contributed by atoms with Crippen molar-refractivity contribution in [1.29, 1.82) is 0 Å². The van der Waals surface area contributed by atoms with Gasteiger partial charge in [-0.3, -0.25) is 34.6 Å². The van der Waals surface area contributed by atoms with Gasteiger partial charge in [0.25, 0.3) is 0 Å². The highest BCUT2D eigenvalue weighted by molar-refractivity contribution is 5.82. The normalized spacial score (nSPS) is 30.2. The Hall–Kier alpha value is -2.87. The summed E-state index contributed by atoms with van der Waals surface area (Å²) in [5.41, 5.74) is 0. The smallest absolute Gasteiger partial charge is 0.314 e. The summed E-state index contributed by atoms with van der Waals surface area (Å²) in [6.07, 6.45) is 1.37. The zero-order chi connectivity index (χ0) is 24.9. The lowest BCUT2D eigenvalue weighted by molar-refractivity contribution is -0.536. The van der Waals surface area contributed by atoms with Gasteiger partial charge in [0.1, 0.15) is 11.8 Å². The molecule has 0 aromatic heterocycles. The highest BCUT2D eigenvalue weighted by Gasteiger charge is 2.50. The van der Waals surface area contributed by atoms with Crippen LogP contribution in [0.3, 0.4) is 0 Å². The topological polar surface area (TPSA) is 206 Å². The van der Waals surface area contributed by atoms with Gasteiger partial charge in [-0.05, 0) is 25.7 Å². The summed E-state index contributed by atoms with van der Waals surface area (Å²) in [5, 5.41) is 41.2. The van der Waals surface area contributed by atoms with Crippen LogP contribution in [0.4, 0.5) is 0 Å². The van der Waals surface area contributed by atoms with Crippen LogP contribution in [-0.4, -0.2) is 62.4 Å². The first-order chi connectivity index (χ1) is 15.4. The molecule has 0 radical (unpaired) electrons. The number of nitro groups is 2. The van der Waals surface area contributed by atoms with Crippen molar-refractivity contribution in [2.24, 2.45) is 23.7 Å². The molecule has 2 N–H and O–H groups in total. The number of hydrogen-bond donors (Lipinski definition) is 2. The molecular weight excluding hydrogens is 448 g/mol. The summed E-state index contributed by atoms with van der Waals surface area (Å²) >= 11 is 0. The number of nitrogens with zero attached hydrogens (tertiary/aromatic N) is 2. The zero-order valence-corrected chi connectivity index (χ0v) is 18.3. The van der Waals surface area contributed by atoms with Crippen molar-refractivity contribution in [2.45, 2.75) is 70.2 Å². The molecule has 0 aromatic carbocycles. The van der Waals surface area contributed by atoms with Crippen LogP contribution in [0.2, 0.25) is 0 Å². The minimum absolute atomic E-state index is 0.0357. The molecule has 0 spiro atoms. The van der Waals surface area contributed by atoms with E-state index in [9.17, 15) is 44.8 Å². The van der Waals surface area contributed by atoms with E-state index >= 15 is 0 Å². The molecule has 0 aromatic rings. The molecular formula is C19H28N2O12. The van der Waals surface area contributed by atoms with Crippen molar-refractivity contribution in [3.63, 3.8) is 0 Å². The Labute approximate surface area is 188 Å². The van der Waals surface area contributed by atoms with Crippen LogP contribution in [0.15, 0.2) is 0 Å². The van der Waals surface area contributed by atoms with E-state index in [-0.39, 0.29) is 32.3 Å². The van der Waals surface area contributed by atoms with Crippen molar-refractivity contribution in [3.05, 3.63) is 20.2 Å². The van der Waals surface area contributed by atoms with Gasteiger partial charge in [-0.1, -0.05) is 0 Å². The summed E-state index contributed by atoms with van der Waals surface area (Å²) in [6.45, 7) is 2.29. The minimum atomic E-state index is -1.72. The molecule has 0 saturated heterocycles. The van der Waals surface area contributed by atoms with Gasteiger partial charge in [0, 0.05) is 42.5 Å². The maximum atomic E-state index is 12.6. The molecule has 0 aliphatic heterocycles. The number of rotatable bonds is 10. The van der Waals surface area contributed by atoms with Crippen LogP contribution in [-0.2, 0) is 28.9 Å². The van der Waals surface area contributed by atoms with E-state index in [0.29, 0.717) is 12.8 Å². The van der Waals surface area contributed by atoms with Crippen molar-refractivity contribution < 1.29 is 49.0 Å². The fraction of sp³-hybridized carbons (Fsp3) is 0.842. The molecule has 2 aliphatic carbocycles. The van der Waals surface area contributed by atoms with E-state index in [1.165, 1.54) is 13.8 Å². The van der Waals surface area contributed by atoms with E-state index in [1.807, 2.05) is 0 Å². The molecule has 0 bridgehead atoms. The Morgan fingerprint density at radius 2 is 1.42 bits per heavy atom. The number of carboxylic acid groups (broad SMARTS) is 2. The lowest BCUT2D eigenvalue weighted by Crippen LogP contribution is -2.47. The summed E-state index contributed by atoms with van der Waals surface area (Å²) in [7, 11) is 0. The van der Waals surface area contributed by atoms with Gasteiger partial charge in [0.05, 0.1) is 12.5 Å². The number of carbonyl (C=O) groups excluding carboxylic acids is 1. The number of aliphatic carboxylic acids is 2. The highest BCUT2D eigenvalue weighted by Crippen LogP contribution is 2.35. The second kappa shape index (κ2) is 10.8. The SMILES string of the molecule is CC(C)(OOCC1CCCC([N+](=O)[O-])C1C(=O)O)OC(=O)C1CCCC([N+](=O)[O-])C1C(=O)O. The molecule has 0 heterocycles. The van der Waals surface area contributed by atoms with Gasteiger partial charge >= 0.3 is 17.9 Å². The fourth-order valence-electron chi connectivity index (χ4n) is 4.66. The molecule has 14 nitrogen and oxygen atoms in total. The van der Waals surface area contributed by atoms with Gasteiger partial charge in [-0.2, -0.15) is 4.89 Å². The second-order valence-corrected chi connectivity index (χ2v) is 8.85. The van der Waals surface area contributed by atoms with E-state index < -0.39 is 69.3 Å². The van der Waals surface area contributed by atoms with Crippen molar-refractivity contribution in [1.82, 2.24) is 0 Å². The van der Waals surface area contributed by atoms with Gasteiger partial charge < -0.3 is 14.9 Å². The van der Waals surface area contributed by atoms with Gasteiger partial charge in [0.15, 0.2) is 0 Å². The van der Waals surface area contributed by atoms with Crippen molar-refractivity contribution >= 4 is 17.9 Å². The van der Waals surface area contributed by atoms with E-state index in [0.717, 1.165) is 0 Å². The largest absolute Gasteiger partial charge is 0.481 e. The van der Waals surface area contributed by atoms with Gasteiger partial charge in [0.2, 0.25) is 17.9 Å². The predicted octanol–water partition coefficient (Wildman–Crippen LogP) is 1.51. The number of carbonyl (C=O) groups is 3. The first-order valence-corrected chi connectivity index (χ1v) is 10.6. The molecule has 6 atom stereocenters. The summed E-state index contributed by atoms with van der Waals surface area (Å²) in [6, 6.07) is -2.66. The predicted molar refractivity (Wildman–Crippen MR) is 106 cm³/mol. The van der Waals surface area contributed by atoms with Crippen LogP contribution >= 0.6 is 0 Å². The summed E-state index contributed by atoms with van der Waals surface area (Å²) in [4.78, 5) is 67.0. The lowest BCUT2D eigenvalue weighted by atomic mass is 9.76. The van der Waals surface area contributed by atoms with E-state index in [1.54, 1.807) is 0 Å². The number of carboxylic acids is 2. The maximum Gasteiger partial charge on any atom is 0.314 e. The lowest BCUT2D eigenvalue weighted by Gasteiger charge is -2.33. The van der Waals surface area contributed by atoms with Crippen LogP contribution in [0.25, 0.3) is 0 Å². The van der Waals surface area contributed by atoms with Crippen molar-refractivity contribution in [2.75, 3.05) is 6.61 Å². The quantitative estimate of drug-likeness (QED) is 0.151. The average Bonchev–Trinajstić information content (AvgIpc) is 2.72. The van der Waals surface area contributed by atoms with Crippen LogP contribution < -0.4 is 0 Å². The Kier molecular flexibility index (Phi) is 8.66. The molecule has 0 amide bonds. The minimum Gasteiger partial charge on any atom is -0.481 e. The first kappa shape index (κ1) is 26.4. The average molecular weight is 476 g/mol. The number of hydrogen-bond acceptors (Lipinski definition) is 10. The molecule has 14 heteroatoms. The Bertz CT molecular complexity index is 785. The summed E-state index contributed by atoms with van der Waals surface area (Å²) < 4.78 is 5.21. The number of ether oxygens (including phenoxy) is 1. The highest BCUT2D eigenvalue weighted by atomic mass is 17.2. The third-order valence-corrected chi connectivity index (χ3v) is 6.16. The third kappa shape index (κ3) is 6.57. The molecule has 33 heavy (non-hydrogen) atoms. The Balaban J connectivity index is 1.98. The van der Waals surface area contributed by atoms with Crippen LogP contribution in [0, 0.1) is 43.9 Å². The molecule has 6 unspecified atom stereocenters. The van der Waals surface area contributed by atoms with E-state index in [4.69, 9.17) is 14.5 Å². The first-order valence-electron chi connectivity index (χ1n) is 10.6. The van der Waals surface area contributed by atoms with E-state index in [2.05, 4.69) is 0 Å². The zero-order valence-electron chi connectivity index (χ0n) is 18.3. The van der Waals surface area contributed by atoms with Crippen LogP contribution in [0.1, 0.15) is 52.4 Å². The summed E-state index contributed by atoms with van der Waals surface area (Å²) in [5.74, 6) is -10.2. The van der Waals surface area contributed by atoms with Crippen LogP contribution in [0.5, 0.6) is 0 Å². The molecule has 2 fully saturated rings. The second-order valence-electron chi connectivity index (χ2n) is 8.85. The fourth-order valence-corrected chi connectivity index (χ4v) is 4.66.